The Labute approximate surface area is 126 Å². The molecule has 8 heteroatoms. The van der Waals surface area contributed by atoms with Crippen LogP contribution in [-0.2, 0) is 20.8 Å². The Kier molecular flexibility index (Phi) is 6.98. The van der Waals surface area contributed by atoms with E-state index in [1.165, 1.54) is 6.07 Å². The summed E-state index contributed by atoms with van der Waals surface area (Å²) in [7, 11) is -5.05. The molecule has 0 fully saturated rings. The Morgan fingerprint density at radius 1 is 1.43 bits per heavy atom. The van der Waals surface area contributed by atoms with Crippen molar-refractivity contribution in [2.24, 2.45) is 5.73 Å². The molecule has 5 nitrogen and oxygen atoms in total. The van der Waals surface area contributed by atoms with Crippen LogP contribution in [0.2, 0.25) is 0 Å². The third-order valence-electron chi connectivity index (χ3n) is 2.50. The third-order valence-corrected chi connectivity index (χ3v) is 5.30. The van der Waals surface area contributed by atoms with E-state index in [-0.39, 0.29) is 18.8 Å². The van der Waals surface area contributed by atoms with Crippen molar-refractivity contribution < 1.29 is 17.0 Å². The predicted octanol–water partition coefficient (Wildman–Crippen LogP) is 0.183. The highest BCUT2D eigenvalue weighted by Gasteiger charge is 2.18. The first kappa shape index (κ1) is 17.8. The maximum absolute atomic E-state index is 13.8. The second kappa shape index (κ2) is 8.24. The number of nitrogens with one attached hydrogen (secondary N) is 1. The summed E-state index contributed by atoms with van der Waals surface area (Å²) in [5, 5.41) is 0. The lowest BCUT2D eigenvalue weighted by Gasteiger charge is -2.07. The zero-order valence-corrected chi connectivity index (χ0v) is 13.2. The molecule has 0 saturated carbocycles. The van der Waals surface area contributed by atoms with Crippen molar-refractivity contribution in [3.63, 3.8) is 0 Å². The number of rotatable bonds is 6. The van der Waals surface area contributed by atoms with Crippen LogP contribution in [0.25, 0.3) is 0 Å². The van der Waals surface area contributed by atoms with Gasteiger partial charge in [-0.15, -0.1) is 0 Å². The SMILES string of the molecule is CCS(=O)CCNS(=O)(=O)c1ccc(C#CCN)cc1F. The predicted molar refractivity (Wildman–Crippen MR) is 81.1 cm³/mol. The molecule has 1 aromatic rings. The minimum atomic E-state index is -3.96. The second-order valence-electron chi connectivity index (χ2n) is 3.98. The molecule has 116 valence electrons. The smallest absolute Gasteiger partial charge is 0.243 e. The first-order valence-corrected chi connectivity index (χ1v) is 9.21. The van der Waals surface area contributed by atoms with Crippen molar-refractivity contribution in [2.45, 2.75) is 11.8 Å². The molecule has 1 aromatic carbocycles. The Hall–Kier alpha value is -1.27. The molecule has 1 unspecified atom stereocenters. The second-order valence-corrected chi connectivity index (χ2v) is 7.58. The minimum Gasteiger partial charge on any atom is -0.320 e. The summed E-state index contributed by atoms with van der Waals surface area (Å²) in [6, 6.07) is 3.60. The van der Waals surface area contributed by atoms with Gasteiger partial charge in [0.15, 0.2) is 0 Å². The monoisotopic (exact) mass is 332 g/mol. The first-order valence-electron chi connectivity index (χ1n) is 6.24. The number of hydrogen-bond donors (Lipinski definition) is 2. The van der Waals surface area contributed by atoms with Gasteiger partial charge in [0, 0.05) is 34.4 Å². The van der Waals surface area contributed by atoms with Crippen LogP contribution in [0.1, 0.15) is 12.5 Å². The molecular formula is C13H17FN2O3S2. The van der Waals surface area contributed by atoms with E-state index < -0.39 is 31.5 Å². The van der Waals surface area contributed by atoms with E-state index in [4.69, 9.17) is 5.73 Å². The lowest BCUT2D eigenvalue weighted by molar-refractivity contribution is 0.558. The Morgan fingerprint density at radius 2 is 2.14 bits per heavy atom. The largest absolute Gasteiger partial charge is 0.320 e. The fraction of sp³-hybridized carbons (Fsp3) is 0.385. The molecule has 0 spiro atoms. The maximum Gasteiger partial charge on any atom is 0.243 e. The molecule has 21 heavy (non-hydrogen) atoms. The lowest BCUT2D eigenvalue weighted by Crippen LogP contribution is -2.28. The highest BCUT2D eigenvalue weighted by atomic mass is 32.2. The van der Waals surface area contributed by atoms with Gasteiger partial charge in [-0.2, -0.15) is 0 Å². The van der Waals surface area contributed by atoms with Gasteiger partial charge < -0.3 is 5.73 Å². The summed E-state index contributed by atoms with van der Waals surface area (Å²) in [5.74, 6) is 4.93. The van der Waals surface area contributed by atoms with Crippen LogP contribution in [0.3, 0.4) is 0 Å². The molecule has 0 radical (unpaired) electrons. The van der Waals surface area contributed by atoms with Crippen LogP contribution in [0, 0.1) is 17.7 Å². The molecule has 0 saturated heterocycles. The summed E-state index contributed by atoms with van der Waals surface area (Å²) < 4.78 is 51.2. The van der Waals surface area contributed by atoms with E-state index in [1.807, 2.05) is 0 Å². The Morgan fingerprint density at radius 3 is 2.71 bits per heavy atom. The van der Waals surface area contributed by atoms with Gasteiger partial charge in [-0.3, -0.25) is 4.21 Å². The highest BCUT2D eigenvalue weighted by Crippen LogP contribution is 2.15. The molecule has 0 aromatic heterocycles. The van der Waals surface area contributed by atoms with Crippen molar-refractivity contribution in [3.05, 3.63) is 29.6 Å². The van der Waals surface area contributed by atoms with Gasteiger partial charge in [0.25, 0.3) is 0 Å². The van der Waals surface area contributed by atoms with Gasteiger partial charge in [0.2, 0.25) is 10.0 Å². The maximum atomic E-state index is 13.8. The van der Waals surface area contributed by atoms with Gasteiger partial charge in [-0.25, -0.2) is 17.5 Å². The zero-order valence-electron chi connectivity index (χ0n) is 11.6. The minimum absolute atomic E-state index is 0.00302. The summed E-state index contributed by atoms with van der Waals surface area (Å²) >= 11 is 0. The van der Waals surface area contributed by atoms with Gasteiger partial charge >= 0.3 is 0 Å². The van der Waals surface area contributed by atoms with E-state index >= 15 is 0 Å². The molecule has 1 rings (SSSR count). The fourth-order valence-electron chi connectivity index (χ4n) is 1.46. The van der Waals surface area contributed by atoms with Crippen LogP contribution >= 0.6 is 0 Å². The molecule has 0 aliphatic rings. The van der Waals surface area contributed by atoms with Crippen LogP contribution in [0.4, 0.5) is 4.39 Å². The van der Waals surface area contributed by atoms with Crippen molar-refractivity contribution in [1.29, 1.82) is 0 Å². The van der Waals surface area contributed by atoms with Crippen LogP contribution in [-0.4, -0.2) is 37.2 Å². The van der Waals surface area contributed by atoms with Crippen molar-refractivity contribution in [1.82, 2.24) is 4.72 Å². The molecular weight excluding hydrogens is 315 g/mol. The van der Waals surface area contributed by atoms with Crippen molar-refractivity contribution in [3.8, 4) is 11.8 Å². The molecule has 3 N–H and O–H groups in total. The zero-order chi connectivity index (χ0) is 15.9. The fourth-order valence-corrected chi connectivity index (χ4v) is 3.30. The Balaban J connectivity index is 2.86. The first-order chi connectivity index (χ1) is 9.90. The number of hydrogen-bond acceptors (Lipinski definition) is 4. The van der Waals surface area contributed by atoms with Gasteiger partial charge in [0.05, 0.1) is 6.54 Å². The van der Waals surface area contributed by atoms with Gasteiger partial charge in [-0.05, 0) is 18.2 Å². The molecule has 0 bridgehead atoms. The quantitative estimate of drug-likeness (QED) is 0.728. The van der Waals surface area contributed by atoms with Gasteiger partial charge in [0.1, 0.15) is 10.7 Å². The van der Waals surface area contributed by atoms with Crippen LogP contribution < -0.4 is 10.5 Å². The summed E-state index contributed by atoms with van der Waals surface area (Å²) in [5.41, 5.74) is 5.56. The summed E-state index contributed by atoms with van der Waals surface area (Å²) in [4.78, 5) is -0.455. The van der Waals surface area contributed by atoms with Crippen molar-refractivity contribution in [2.75, 3.05) is 24.6 Å². The normalized spacial score (nSPS) is 12.5. The lowest BCUT2D eigenvalue weighted by atomic mass is 10.2. The Bertz CT molecular complexity index is 678. The topological polar surface area (TPSA) is 89.3 Å². The number of sulfonamides is 1. The average Bonchev–Trinajstić information content (AvgIpc) is 2.44. The van der Waals surface area contributed by atoms with E-state index in [9.17, 15) is 17.0 Å². The van der Waals surface area contributed by atoms with E-state index in [2.05, 4.69) is 16.6 Å². The van der Waals surface area contributed by atoms with Crippen molar-refractivity contribution >= 4 is 20.8 Å². The average molecular weight is 332 g/mol. The summed E-state index contributed by atoms with van der Waals surface area (Å²) in [6.07, 6.45) is 0. The van der Waals surface area contributed by atoms with Crippen LogP contribution in [0.5, 0.6) is 0 Å². The van der Waals surface area contributed by atoms with Crippen LogP contribution in [0.15, 0.2) is 23.1 Å². The molecule has 0 aliphatic carbocycles. The standard InChI is InChI=1S/C13H17FN2O3S2/c1-2-20(17)9-8-16-21(18,19)13-6-5-11(4-3-7-15)10-12(13)14/h5-6,10,16H,2,7-9,15H2,1H3. The number of nitrogens with two attached hydrogens (primary N) is 1. The van der Waals surface area contributed by atoms with E-state index in [0.29, 0.717) is 11.3 Å². The highest BCUT2D eigenvalue weighted by molar-refractivity contribution is 7.89. The molecule has 0 aliphatic heterocycles. The number of benzene rings is 1. The molecule has 0 amide bonds. The number of halogens is 1. The third kappa shape index (κ3) is 5.55. The van der Waals surface area contributed by atoms with E-state index in [1.54, 1.807) is 6.92 Å². The summed E-state index contributed by atoms with van der Waals surface area (Å²) in [6.45, 7) is 1.88. The van der Waals surface area contributed by atoms with Gasteiger partial charge in [-0.1, -0.05) is 18.8 Å². The van der Waals surface area contributed by atoms with E-state index in [0.717, 1.165) is 12.1 Å². The molecule has 1 atom stereocenters. The molecule has 0 heterocycles.